The Bertz CT molecular complexity index is 684. The van der Waals surface area contributed by atoms with Crippen LogP contribution in [-0.2, 0) is 0 Å². The standard InChI is InChI=1S/C17H20N2O2/c1-11-7-8-19(12(2)9-11)16-14-6-4-3-5-13(14)10-15(18-16)17(20)21/h3-6,10-12H,7-9H2,1-2H3,(H,20,21). The van der Waals surface area contributed by atoms with Gasteiger partial charge in [0.1, 0.15) is 5.82 Å². The highest BCUT2D eigenvalue weighted by molar-refractivity contribution is 5.98. The second kappa shape index (κ2) is 5.35. The molecule has 0 spiro atoms. The van der Waals surface area contributed by atoms with Crippen molar-refractivity contribution in [3.8, 4) is 0 Å². The van der Waals surface area contributed by atoms with Crippen molar-refractivity contribution in [2.75, 3.05) is 11.4 Å². The SMILES string of the molecule is CC1CCN(c2nc(C(=O)O)cc3ccccc23)C(C)C1. The lowest BCUT2D eigenvalue weighted by atomic mass is 9.93. The molecule has 0 aliphatic carbocycles. The van der Waals surface area contributed by atoms with Crippen LogP contribution in [0, 0.1) is 5.92 Å². The first-order chi connectivity index (χ1) is 10.1. The average molecular weight is 284 g/mol. The van der Waals surface area contributed by atoms with E-state index in [-0.39, 0.29) is 5.69 Å². The molecule has 0 saturated carbocycles. The summed E-state index contributed by atoms with van der Waals surface area (Å²) in [6.45, 7) is 5.40. The Kier molecular flexibility index (Phi) is 3.53. The summed E-state index contributed by atoms with van der Waals surface area (Å²) >= 11 is 0. The number of hydrogen-bond donors (Lipinski definition) is 1. The third-order valence-corrected chi connectivity index (χ3v) is 4.35. The highest BCUT2D eigenvalue weighted by Crippen LogP contribution is 2.32. The lowest BCUT2D eigenvalue weighted by Crippen LogP contribution is -2.41. The molecule has 1 aromatic carbocycles. The van der Waals surface area contributed by atoms with Crippen LogP contribution in [0.2, 0.25) is 0 Å². The molecule has 21 heavy (non-hydrogen) atoms. The zero-order chi connectivity index (χ0) is 15.0. The van der Waals surface area contributed by atoms with Gasteiger partial charge in [-0.2, -0.15) is 0 Å². The number of benzene rings is 1. The van der Waals surface area contributed by atoms with Gasteiger partial charge in [-0.1, -0.05) is 31.2 Å². The van der Waals surface area contributed by atoms with Gasteiger partial charge in [0.05, 0.1) is 0 Å². The molecule has 2 atom stereocenters. The quantitative estimate of drug-likeness (QED) is 0.916. The minimum atomic E-state index is -0.972. The van der Waals surface area contributed by atoms with E-state index in [1.54, 1.807) is 6.07 Å². The van der Waals surface area contributed by atoms with Crippen molar-refractivity contribution < 1.29 is 9.90 Å². The summed E-state index contributed by atoms with van der Waals surface area (Å²) in [6.07, 6.45) is 2.24. The highest BCUT2D eigenvalue weighted by atomic mass is 16.4. The van der Waals surface area contributed by atoms with Crippen molar-refractivity contribution in [2.45, 2.75) is 32.7 Å². The molecule has 4 heteroatoms. The topological polar surface area (TPSA) is 53.4 Å². The molecular weight excluding hydrogens is 264 g/mol. The summed E-state index contributed by atoms with van der Waals surface area (Å²) in [4.78, 5) is 18.0. The van der Waals surface area contributed by atoms with Crippen LogP contribution in [0.3, 0.4) is 0 Å². The van der Waals surface area contributed by atoms with E-state index in [1.165, 1.54) is 0 Å². The Hall–Kier alpha value is -2.10. The maximum Gasteiger partial charge on any atom is 0.354 e. The molecule has 1 N–H and O–H groups in total. The third-order valence-electron chi connectivity index (χ3n) is 4.35. The zero-order valence-electron chi connectivity index (χ0n) is 12.4. The molecule has 0 radical (unpaired) electrons. The predicted molar refractivity (Wildman–Crippen MR) is 83.9 cm³/mol. The number of rotatable bonds is 2. The van der Waals surface area contributed by atoms with E-state index in [4.69, 9.17) is 0 Å². The van der Waals surface area contributed by atoms with Crippen LogP contribution in [0.25, 0.3) is 10.8 Å². The summed E-state index contributed by atoms with van der Waals surface area (Å²) in [5.74, 6) is 0.551. The van der Waals surface area contributed by atoms with Crippen LogP contribution in [0.1, 0.15) is 37.2 Å². The molecule has 1 aliphatic rings. The van der Waals surface area contributed by atoms with Crippen LogP contribution in [-0.4, -0.2) is 28.6 Å². The molecule has 110 valence electrons. The number of anilines is 1. The number of carbonyl (C=O) groups is 1. The van der Waals surface area contributed by atoms with E-state index in [2.05, 4.69) is 23.7 Å². The van der Waals surface area contributed by atoms with E-state index in [0.717, 1.165) is 36.0 Å². The summed E-state index contributed by atoms with van der Waals surface area (Å²) in [5, 5.41) is 11.3. The fourth-order valence-electron chi connectivity index (χ4n) is 3.23. The Morgan fingerprint density at radius 2 is 2.10 bits per heavy atom. The largest absolute Gasteiger partial charge is 0.477 e. The van der Waals surface area contributed by atoms with Crippen LogP contribution < -0.4 is 4.90 Å². The first-order valence-corrected chi connectivity index (χ1v) is 7.46. The Morgan fingerprint density at radius 1 is 1.33 bits per heavy atom. The number of carboxylic acids is 1. The zero-order valence-corrected chi connectivity index (χ0v) is 12.4. The molecule has 1 aliphatic heterocycles. The number of aromatic carboxylic acids is 1. The molecule has 1 aromatic heterocycles. The van der Waals surface area contributed by atoms with Gasteiger partial charge in [-0.3, -0.25) is 0 Å². The molecule has 4 nitrogen and oxygen atoms in total. The Morgan fingerprint density at radius 3 is 2.81 bits per heavy atom. The fourth-order valence-corrected chi connectivity index (χ4v) is 3.23. The van der Waals surface area contributed by atoms with Gasteiger partial charge in [0.25, 0.3) is 0 Å². The molecule has 1 saturated heterocycles. The van der Waals surface area contributed by atoms with E-state index >= 15 is 0 Å². The van der Waals surface area contributed by atoms with Crippen LogP contribution >= 0.6 is 0 Å². The Labute approximate surface area is 124 Å². The van der Waals surface area contributed by atoms with E-state index < -0.39 is 5.97 Å². The molecule has 2 aromatic rings. The summed E-state index contributed by atoms with van der Waals surface area (Å²) in [7, 11) is 0. The number of hydrogen-bond acceptors (Lipinski definition) is 3. The molecular formula is C17H20N2O2. The molecule has 2 unspecified atom stereocenters. The van der Waals surface area contributed by atoms with Gasteiger partial charge in [-0.05, 0) is 37.1 Å². The Balaban J connectivity index is 2.14. The van der Waals surface area contributed by atoms with Crippen LogP contribution in [0.15, 0.2) is 30.3 Å². The van der Waals surface area contributed by atoms with Crippen molar-refractivity contribution in [3.05, 3.63) is 36.0 Å². The molecule has 2 heterocycles. The number of pyridine rings is 1. The third kappa shape index (κ3) is 2.58. The smallest absolute Gasteiger partial charge is 0.354 e. The maximum absolute atomic E-state index is 11.3. The second-order valence-electron chi connectivity index (χ2n) is 6.03. The molecule has 0 bridgehead atoms. The monoisotopic (exact) mass is 284 g/mol. The number of nitrogens with zero attached hydrogens (tertiary/aromatic N) is 2. The first-order valence-electron chi connectivity index (χ1n) is 7.46. The lowest BCUT2D eigenvalue weighted by molar-refractivity contribution is 0.0690. The van der Waals surface area contributed by atoms with Gasteiger partial charge in [0.2, 0.25) is 0 Å². The molecule has 1 fully saturated rings. The lowest BCUT2D eigenvalue weighted by Gasteiger charge is -2.38. The van der Waals surface area contributed by atoms with E-state index in [1.807, 2.05) is 24.3 Å². The van der Waals surface area contributed by atoms with E-state index in [9.17, 15) is 9.90 Å². The summed E-state index contributed by atoms with van der Waals surface area (Å²) < 4.78 is 0. The van der Waals surface area contributed by atoms with Gasteiger partial charge in [-0.25, -0.2) is 9.78 Å². The second-order valence-corrected chi connectivity index (χ2v) is 6.03. The van der Waals surface area contributed by atoms with Crippen LogP contribution in [0.4, 0.5) is 5.82 Å². The minimum absolute atomic E-state index is 0.120. The first kappa shape index (κ1) is 13.9. The number of fused-ring (bicyclic) bond motifs is 1. The van der Waals surface area contributed by atoms with Crippen LogP contribution in [0.5, 0.6) is 0 Å². The van der Waals surface area contributed by atoms with Crippen molar-refractivity contribution in [2.24, 2.45) is 5.92 Å². The summed E-state index contributed by atoms with van der Waals surface area (Å²) in [5.41, 5.74) is 0.120. The van der Waals surface area contributed by atoms with Crippen molar-refractivity contribution in [1.29, 1.82) is 0 Å². The van der Waals surface area contributed by atoms with Crippen molar-refractivity contribution >= 4 is 22.6 Å². The van der Waals surface area contributed by atoms with E-state index in [0.29, 0.717) is 12.0 Å². The van der Waals surface area contributed by atoms with Gasteiger partial charge in [0.15, 0.2) is 5.69 Å². The number of piperidine rings is 1. The number of carboxylic acid groups (broad SMARTS) is 1. The average Bonchev–Trinajstić information content (AvgIpc) is 2.46. The summed E-state index contributed by atoms with van der Waals surface area (Å²) in [6, 6.07) is 9.91. The highest BCUT2D eigenvalue weighted by Gasteiger charge is 2.26. The molecule has 3 rings (SSSR count). The predicted octanol–water partition coefficient (Wildman–Crippen LogP) is 3.56. The number of aromatic nitrogens is 1. The van der Waals surface area contributed by atoms with Crippen molar-refractivity contribution in [1.82, 2.24) is 4.98 Å². The maximum atomic E-state index is 11.3. The van der Waals surface area contributed by atoms with Gasteiger partial charge in [-0.15, -0.1) is 0 Å². The van der Waals surface area contributed by atoms with Gasteiger partial charge in [0, 0.05) is 18.0 Å². The fraction of sp³-hybridized carbons (Fsp3) is 0.412. The molecule has 0 amide bonds. The van der Waals surface area contributed by atoms with Gasteiger partial charge >= 0.3 is 5.97 Å². The normalized spacial score (nSPS) is 22.5. The minimum Gasteiger partial charge on any atom is -0.477 e. The van der Waals surface area contributed by atoms with Crippen molar-refractivity contribution in [3.63, 3.8) is 0 Å². The van der Waals surface area contributed by atoms with Gasteiger partial charge < -0.3 is 10.0 Å².